The van der Waals surface area contributed by atoms with Crippen LogP contribution in [-0.4, -0.2) is 18.2 Å². The molecule has 0 aliphatic rings. The van der Waals surface area contributed by atoms with E-state index in [0.29, 0.717) is 5.56 Å². The monoisotopic (exact) mass is 262 g/mol. The van der Waals surface area contributed by atoms with E-state index in [1.54, 1.807) is 0 Å². The zero-order valence-electron chi connectivity index (χ0n) is 7.38. The highest BCUT2D eigenvalue weighted by molar-refractivity contribution is 9.10. The molecule has 76 valence electrons. The summed E-state index contributed by atoms with van der Waals surface area (Å²) in [7, 11) is 1.25. The average Bonchev–Trinajstić information content (AvgIpc) is 2.13. The molecule has 0 unspecified atom stereocenters. The van der Waals surface area contributed by atoms with E-state index in [1.807, 2.05) is 0 Å². The predicted octanol–water partition coefficient (Wildman–Crippen LogP) is 2.01. The largest absolute Gasteiger partial charge is 0.508 e. The smallest absolute Gasteiger partial charge is 0.310 e. The Kier molecular flexibility index (Phi) is 3.46. The van der Waals surface area contributed by atoms with Crippen LogP contribution in [0.4, 0.5) is 4.39 Å². The topological polar surface area (TPSA) is 46.5 Å². The lowest BCUT2D eigenvalue weighted by atomic mass is 10.1. The summed E-state index contributed by atoms with van der Waals surface area (Å²) in [6.07, 6.45) is -0.0809. The van der Waals surface area contributed by atoms with Crippen LogP contribution >= 0.6 is 15.9 Å². The van der Waals surface area contributed by atoms with E-state index >= 15 is 0 Å². The molecular weight excluding hydrogens is 255 g/mol. The van der Waals surface area contributed by atoms with Crippen LogP contribution in [-0.2, 0) is 16.0 Å². The summed E-state index contributed by atoms with van der Waals surface area (Å²) in [4.78, 5) is 10.9. The molecule has 0 saturated heterocycles. The Morgan fingerprint density at radius 1 is 1.64 bits per heavy atom. The van der Waals surface area contributed by atoms with Crippen molar-refractivity contribution in [1.82, 2.24) is 0 Å². The van der Waals surface area contributed by atoms with Crippen molar-refractivity contribution in [3.63, 3.8) is 0 Å². The van der Waals surface area contributed by atoms with Gasteiger partial charge in [0.1, 0.15) is 11.6 Å². The van der Waals surface area contributed by atoms with E-state index in [-0.39, 0.29) is 16.6 Å². The van der Waals surface area contributed by atoms with Gasteiger partial charge in [-0.25, -0.2) is 4.39 Å². The maximum atomic E-state index is 13.0. The molecule has 0 aromatic heterocycles. The molecule has 1 aromatic rings. The van der Waals surface area contributed by atoms with E-state index in [9.17, 15) is 9.18 Å². The minimum absolute atomic E-state index is 0.0809. The Morgan fingerprint density at radius 3 is 2.86 bits per heavy atom. The molecule has 0 heterocycles. The fourth-order valence-corrected chi connectivity index (χ4v) is 1.36. The van der Waals surface area contributed by atoms with Crippen LogP contribution in [0.25, 0.3) is 0 Å². The highest BCUT2D eigenvalue weighted by atomic mass is 79.9. The van der Waals surface area contributed by atoms with Gasteiger partial charge >= 0.3 is 5.97 Å². The van der Waals surface area contributed by atoms with Crippen LogP contribution in [0.1, 0.15) is 5.56 Å². The Bertz CT molecular complexity index is 365. The number of methoxy groups -OCH3 is 1. The first-order chi connectivity index (χ1) is 6.54. The van der Waals surface area contributed by atoms with E-state index < -0.39 is 11.8 Å². The lowest BCUT2D eigenvalue weighted by Crippen LogP contribution is -2.05. The molecule has 1 rings (SSSR count). The van der Waals surface area contributed by atoms with E-state index in [1.165, 1.54) is 13.2 Å². The number of carbonyl (C=O) groups is 1. The van der Waals surface area contributed by atoms with Gasteiger partial charge in [-0.05, 0) is 27.6 Å². The molecule has 0 spiro atoms. The van der Waals surface area contributed by atoms with Crippen LogP contribution in [0.15, 0.2) is 16.6 Å². The van der Waals surface area contributed by atoms with Gasteiger partial charge in [0.15, 0.2) is 0 Å². The number of benzene rings is 1. The molecule has 0 atom stereocenters. The molecule has 0 radical (unpaired) electrons. The number of phenols is 1. The van der Waals surface area contributed by atoms with Crippen molar-refractivity contribution < 1.29 is 19.0 Å². The van der Waals surface area contributed by atoms with Gasteiger partial charge in [0, 0.05) is 6.07 Å². The van der Waals surface area contributed by atoms with Gasteiger partial charge in [-0.3, -0.25) is 4.79 Å². The molecule has 0 aliphatic carbocycles. The first-order valence-electron chi connectivity index (χ1n) is 3.78. The molecule has 0 saturated carbocycles. The number of ether oxygens (including phenoxy) is 1. The summed E-state index contributed by atoms with van der Waals surface area (Å²) < 4.78 is 17.6. The molecule has 14 heavy (non-hydrogen) atoms. The minimum atomic E-state index is -0.607. The van der Waals surface area contributed by atoms with Gasteiger partial charge in [0.05, 0.1) is 18.0 Å². The quantitative estimate of drug-likeness (QED) is 0.830. The van der Waals surface area contributed by atoms with Crippen LogP contribution in [0.2, 0.25) is 0 Å². The second-order valence-corrected chi connectivity index (χ2v) is 3.45. The number of hydrogen-bond acceptors (Lipinski definition) is 3. The summed E-state index contributed by atoms with van der Waals surface area (Å²) in [6.45, 7) is 0. The maximum absolute atomic E-state index is 13.0. The fourth-order valence-electron chi connectivity index (χ4n) is 0.986. The molecule has 5 heteroatoms. The van der Waals surface area contributed by atoms with Gasteiger partial charge in [-0.15, -0.1) is 0 Å². The summed E-state index contributed by atoms with van der Waals surface area (Å²) in [5.74, 6) is -1.32. The normalized spacial score (nSPS) is 9.93. The summed E-state index contributed by atoms with van der Waals surface area (Å²) in [5.41, 5.74) is 0.356. The summed E-state index contributed by atoms with van der Waals surface area (Å²) in [5, 5.41) is 9.09. The van der Waals surface area contributed by atoms with Crippen LogP contribution in [0.5, 0.6) is 5.75 Å². The molecule has 0 bridgehead atoms. The van der Waals surface area contributed by atoms with Crippen LogP contribution in [0.3, 0.4) is 0 Å². The molecule has 0 aliphatic heterocycles. The molecule has 0 fully saturated rings. The lowest BCUT2D eigenvalue weighted by molar-refractivity contribution is -0.139. The average molecular weight is 263 g/mol. The van der Waals surface area contributed by atoms with Gasteiger partial charge in [-0.2, -0.15) is 0 Å². The Balaban J connectivity index is 3.02. The van der Waals surface area contributed by atoms with E-state index in [0.717, 1.165) is 6.07 Å². The fraction of sp³-hybridized carbons (Fsp3) is 0.222. The van der Waals surface area contributed by atoms with Crippen LogP contribution < -0.4 is 0 Å². The van der Waals surface area contributed by atoms with Gasteiger partial charge in [-0.1, -0.05) is 0 Å². The van der Waals surface area contributed by atoms with Crippen LogP contribution in [0, 0.1) is 5.82 Å². The third kappa shape index (κ3) is 2.45. The lowest BCUT2D eigenvalue weighted by Gasteiger charge is -2.04. The van der Waals surface area contributed by atoms with Crippen molar-refractivity contribution >= 4 is 21.9 Å². The molecule has 3 nitrogen and oxygen atoms in total. The Hall–Kier alpha value is -1.10. The van der Waals surface area contributed by atoms with Crippen molar-refractivity contribution in [3.8, 4) is 5.75 Å². The SMILES string of the molecule is COC(=O)Cc1cc(O)cc(F)c1Br. The van der Waals surface area contributed by atoms with Crippen molar-refractivity contribution in [2.45, 2.75) is 6.42 Å². The van der Waals surface area contributed by atoms with Crippen molar-refractivity contribution in [2.24, 2.45) is 0 Å². The molecular formula is C9H8BrFO3. The van der Waals surface area contributed by atoms with Crippen molar-refractivity contribution in [3.05, 3.63) is 28.0 Å². The van der Waals surface area contributed by atoms with E-state index in [2.05, 4.69) is 20.7 Å². The third-order valence-corrected chi connectivity index (χ3v) is 2.54. The number of hydrogen-bond donors (Lipinski definition) is 1. The van der Waals surface area contributed by atoms with Gasteiger partial charge in [0.25, 0.3) is 0 Å². The second-order valence-electron chi connectivity index (χ2n) is 2.65. The highest BCUT2D eigenvalue weighted by Gasteiger charge is 2.11. The minimum Gasteiger partial charge on any atom is -0.508 e. The number of carbonyl (C=O) groups excluding carboxylic acids is 1. The van der Waals surface area contributed by atoms with E-state index in [4.69, 9.17) is 5.11 Å². The van der Waals surface area contributed by atoms with Crippen molar-refractivity contribution in [2.75, 3.05) is 7.11 Å². The number of rotatable bonds is 2. The standard InChI is InChI=1S/C9H8BrFO3/c1-14-8(13)3-5-2-6(12)4-7(11)9(5)10/h2,4,12H,3H2,1H3. The number of phenolic OH excluding ortho intramolecular Hbond substituents is 1. The molecule has 0 amide bonds. The molecule has 1 aromatic carbocycles. The maximum Gasteiger partial charge on any atom is 0.310 e. The first-order valence-corrected chi connectivity index (χ1v) is 4.57. The first kappa shape index (κ1) is 11.0. The number of halogens is 2. The number of esters is 1. The third-order valence-electron chi connectivity index (χ3n) is 1.65. The summed E-state index contributed by atoms with van der Waals surface area (Å²) in [6, 6.07) is 2.27. The summed E-state index contributed by atoms with van der Waals surface area (Å²) >= 11 is 2.98. The zero-order chi connectivity index (χ0) is 10.7. The predicted molar refractivity (Wildman–Crippen MR) is 51.5 cm³/mol. The Labute approximate surface area is 88.6 Å². The number of aromatic hydroxyl groups is 1. The van der Waals surface area contributed by atoms with Gasteiger partial charge < -0.3 is 9.84 Å². The highest BCUT2D eigenvalue weighted by Crippen LogP contribution is 2.26. The zero-order valence-corrected chi connectivity index (χ0v) is 8.97. The van der Waals surface area contributed by atoms with Crippen molar-refractivity contribution in [1.29, 1.82) is 0 Å². The second kappa shape index (κ2) is 4.41. The Morgan fingerprint density at radius 2 is 2.29 bits per heavy atom. The molecule has 1 N–H and O–H groups in total. The van der Waals surface area contributed by atoms with Gasteiger partial charge in [0.2, 0.25) is 0 Å².